The quantitative estimate of drug-likeness (QED) is 0.222. The zero-order valence-electron chi connectivity index (χ0n) is 12.9. The molecule has 1 saturated carbocycles. The molecule has 148 valence electrons. The maximum Gasteiger partial charge on any atom is 0.208 e. The van der Waals surface area contributed by atoms with E-state index in [0.29, 0.717) is 0 Å². The van der Waals surface area contributed by atoms with Crippen LogP contribution in [0.25, 0.3) is 0 Å². The Morgan fingerprint density at radius 2 is 1.08 bits per heavy atom. The van der Waals surface area contributed by atoms with E-state index in [0.717, 1.165) is 0 Å². The van der Waals surface area contributed by atoms with Crippen LogP contribution in [0.3, 0.4) is 0 Å². The average molecular weight is 372 g/mol. The minimum absolute atomic E-state index is 0.964. The van der Waals surface area contributed by atoms with Crippen LogP contribution in [0.1, 0.15) is 0 Å². The van der Waals surface area contributed by atoms with Crippen molar-refractivity contribution in [3.63, 3.8) is 0 Å². The smallest absolute Gasteiger partial charge is 0.208 e. The minimum atomic E-state index is -3.23. The molecule has 0 bridgehead atoms. The highest BCUT2D eigenvalue weighted by molar-refractivity contribution is 5.17. The lowest BCUT2D eigenvalue weighted by Gasteiger charge is -2.60. The SMILES string of the molecule is OC[C@H]1O[C@](O)(C2(CO)[C@H](O)[C@@H](O)C(O)[C@H](O)[C@@H]2O)[C@H](O)[C@@H](O)[C@H]1O. The Labute approximate surface area is 141 Å². The lowest BCUT2D eigenvalue weighted by atomic mass is 9.59. The first-order valence-corrected chi connectivity index (χ1v) is 7.57. The lowest BCUT2D eigenvalue weighted by molar-refractivity contribution is -0.431. The van der Waals surface area contributed by atoms with Crippen molar-refractivity contribution < 1.29 is 60.9 Å². The number of hydrogen-bond donors (Lipinski definition) is 11. The summed E-state index contributed by atoms with van der Waals surface area (Å²) in [5.41, 5.74) is -2.81. The van der Waals surface area contributed by atoms with Crippen LogP contribution in [0, 0.1) is 5.41 Å². The molecule has 2 fully saturated rings. The van der Waals surface area contributed by atoms with Gasteiger partial charge in [0.05, 0.1) is 25.4 Å². The second kappa shape index (κ2) is 6.92. The van der Waals surface area contributed by atoms with E-state index in [1.54, 1.807) is 0 Å². The summed E-state index contributed by atoms with van der Waals surface area (Å²) >= 11 is 0. The van der Waals surface area contributed by atoms with Crippen molar-refractivity contribution in [3.05, 3.63) is 0 Å². The van der Waals surface area contributed by atoms with Crippen molar-refractivity contribution in [1.82, 2.24) is 0 Å². The second-order valence-corrected chi connectivity index (χ2v) is 6.52. The summed E-state index contributed by atoms with van der Waals surface area (Å²) in [7, 11) is 0. The van der Waals surface area contributed by atoms with Gasteiger partial charge in [0.15, 0.2) is 0 Å². The van der Waals surface area contributed by atoms with Gasteiger partial charge >= 0.3 is 0 Å². The van der Waals surface area contributed by atoms with Crippen LogP contribution in [0.2, 0.25) is 0 Å². The molecule has 0 aromatic rings. The summed E-state index contributed by atoms with van der Waals surface area (Å²) in [5.74, 6) is -3.23. The Balaban J connectivity index is 2.59. The summed E-state index contributed by atoms with van der Waals surface area (Å²) in [6, 6.07) is 0. The van der Waals surface area contributed by atoms with Gasteiger partial charge in [-0.1, -0.05) is 0 Å². The van der Waals surface area contributed by atoms with E-state index < -0.39 is 79.4 Å². The predicted octanol–water partition coefficient (Wildman–Crippen LogP) is -7.05. The van der Waals surface area contributed by atoms with Gasteiger partial charge in [-0.25, -0.2) is 0 Å². The zero-order chi connectivity index (χ0) is 19.3. The molecule has 1 aliphatic heterocycles. The molecule has 0 radical (unpaired) electrons. The molecule has 1 aliphatic carbocycles. The second-order valence-electron chi connectivity index (χ2n) is 6.52. The molecule has 2 rings (SSSR count). The predicted molar refractivity (Wildman–Crippen MR) is 74.5 cm³/mol. The highest BCUT2D eigenvalue weighted by atomic mass is 16.7. The third-order valence-electron chi connectivity index (χ3n) is 5.30. The Morgan fingerprint density at radius 3 is 1.48 bits per heavy atom. The van der Waals surface area contributed by atoms with Gasteiger partial charge in [-0.05, 0) is 0 Å². The molecule has 0 aromatic carbocycles. The molecule has 1 heterocycles. The van der Waals surface area contributed by atoms with Crippen LogP contribution in [0.4, 0.5) is 0 Å². The molecule has 0 aromatic heterocycles. The van der Waals surface area contributed by atoms with Crippen LogP contribution in [-0.2, 0) is 4.74 Å². The van der Waals surface area contributed by atoms with Gasteiger partial charge in [0.25, 0.3) is 0 Å². The van der Waals surface area contributed by atoms with Crippen LogP contribution in [-0.4, -0.2) is 130 Å². The molecule has 25 heavy (non-hydrogen) atoms. The van der Waals surface area contributed by atoms with E-state index in [-0.39, 0.29) is 0 Å². The van der Waals surface area contributed by atoms with E-state index in [4.69, 9.17) is 4.74 Å². The van der Waals surface area contributed by atoms with Crippen LogP contribution >= 0.6 is 0 Å². The Bertz CT molecular complexity index is 458. The Hall–Kier alpha value is -0.480. The maximum absolute atomic E-state index is 10.8. The van der Waals surface area contributed by atoms with Gasteiger partial charge in [0.1, 0.15) is 48.1 Å². The number of ether oxygens (including phenoxy) is 1. The first-order chi connectivity index (χ1) is 11.5. The normalized spacial score (nSPS) is 57.5. The van der Waals surface area contributed by atoms with Crippen molar-refractivity contribution in [2.45, 2.75) is 60.7 Å². The van der Waals surface area contributed by atoms with Crippen LogP contribution in [0.15, 0.2) is 0 Å². The molecule has 2 aliphatic rings. The molecule has 2 unspecified atom stereocenters. The molecule has 11 atom stereocenters. The van der Waals surface area contributed by atoms with Crippen LogP contribution < -0.4 is 0 Å². The monoisotopic (exact) mass is 372 g/mol. The minimum Gasteiger partial charge on any atom is -0.395 e. The van der Waals surface area contributed by atoms with Crippen molar-refractivity contribution in [2.75, 3.05) is 13.2 Å². The standard InChI is InChI=1S/C13H24O12/c14-1-3-4(16)6(18)11(23)13(24,25-3)12(2-15)9(21)7(19)5(17)8(20)10(12)22/h3-11,14-24H,1-2H2/t3-,4+,5?,6+,7+,8+,9-,10+,11-,12?,13+/m1/s1. The fraction of sp³-hybridized carbons (Fsp3) is 1.00. The summed E-state index contributed by atoms with van der Waals surface area (Å²) < 4.78 is 4.99. The zero-order valence-corrected chi connectivity index (χ0v) is 12.9. The van der Waals surface area contributed by atoms with Crippen molar-refractivity contribution >= 4 is 0 Å². The molecular formula is C13H24O12. The van der Waals surface area contributed by atoms with E-state index in [1.807, 2.05) is 0 Å². The van der Waals surface area contributed by atoms with Crippen molar-refractivity contribution in [2.24, 2.45) is 5.41 Å². The van der Waals surface area contributed by atoms with Gasteiger partial charge in [0.2, 0.25) is 5.79 Å². The summed E-state index contributed by atoms with van der Waals surface area (Å²) in [6.45, 7) is -2.35. The van der Waals surface area contributed by atoms with E-state index >= 15 is 0 Å². The number of aliphatic hydroxyl groups excluding tert-OH is 10. The summed E-state index contributed by atoms with van der Waals surface area (Å²) in [6.07, 6.45) is -19.2. The van der Waals surface area contributed by atoms with Crippen molar-refractivity contribution in [1.29, 1.82) is 0 Å². The maximum atomic E-state index is 10.8. The fourth-order valence-electron chi connectivity index (χ4n) is 3.62. The molecule has 0 amide bonds. The van der Waals surface area contributed by atoms with E-state index in [1.165, 1.54) is 0 Å². The largest absolute Gasteiger partial charge is 0.395 e. The number of rotatable bonds is 3. The topological polar surface area (TPSA) is 232 Å². The van der Waals surface area contributed by atoms with Crippen LogP contribution in [0.5, 0.6) is 0 Å². The van der Waals surface area contributed by atoms with Gasteiger partial charge in [-0.3, -0.25) is 0 Å². The first-order valence-electron chi connectivity index (χ1n) is 7.57. The Kier molecular flexibility index (Phi) is 5.76. The highest BCUT2D eigenvalue weighted by Gasteiger charge is 2.73. The third kappa shape index (κ3) is 2.62. The first kappa shape index (κ1) is 20.8. The van der Waals surface area contributed by atoms with Gasteiger partial charge in [0, 0.05) is 0 Å². The molecule has 11 N–H and O–H groups in total. The molecular weight excluding hydrogens is 348 g/mol. The van der Waals surface area contributed by atoms with E-state index in [9.17, 15) is 56.2 Å². The average Bonchev–Trinajstić information content (AvgIpc) is 2.60. The molecule has 12 nitrogen and oxygen atoms in total. The molecule has 12 heteroatoms. The van der Waals surface area contributed by atoms with Gasteiger partial charge in [-0.2, -0.15) is 0 Å². The summed E-state index contributed by atoms with van der Waals surface area (Å²) in [4.78, 5) is 0. The molecule has 1 saturated heterocycles. The van der Waals surface area contributed by atoms with E-state index in [2.05, 4.69) is 0 Å². The fourth-order valence-corrected chi connectivity index (χ4v) is 3.62. The summed E-state index contributed by atoms with van der Waals surface area (Å²) in [5, 5.41) is 110. The lowest BCUT2D eigenvalue weighted by Crippen LogP contribution is -2.81. The number of aliphatic hydroxyl groups is 11. The molecule has 0 spiro atoms. The third-order valence-corrected chi connectivity index (χ3v) is 5.30. The highest BCUT2D eigenvalue weighted by Crippen LogP contribution is 2.50. The van der Waals surface area contributed by atoms with Crippen molar-refractivity contribution in [3.8, 4) is 0 Å². The number of hydrogen-bond acceptors (Lipinski definition) is 12. The Morgan fingerprint density at radius 1 is 0.640 bits per heavy atom. The van der Waals surface area contributed by atoms with Gasteiger partial charge in [-0.15, -0.1) is 0 Å². The van der Waals surface area contributed by atoms with Gasteiger partial charge < -0.3 is 60.9 Å².